The smallest absolute Gasteiger partial charge is 0.233 e. The largest absolute Gasteiger partial charge is 0.355 e. The molecule has 0 radical (unpaired) electrons. The second-order valence-electron chi connectivity index (χ2n) is 4.21. The lowest BCUT2D eigenvalue weighted by molar-refractivity contribution is -0.120. The van der Waals surface area contributed by atoms with Gasteiger partial charge in [0.25, 0.3) is 0 Å². The average Bonchev–Trinajstić information content (AvgIpc) is 2.78. The number of carbonyl (C=O) groups excluding carboxylic acids is 1. The van der Waals surface area contributed by atoms with E-state index in [4.69, 9.17) is 5.73 Å². The Hall–Kier alpha value is -1.00. The Morgan fingerprint density at radius 1 is 1.41 bits per heavy atom. The number of rotatable bonds is 5. The van der Waals surface area contributed by atoms with Gasteiger partial charge in [-0.2, -0.15) is 0 Å². The molecule has 1 heterocycles. The number of amides is 1. The van der Waals surface area contributed by atoms with Crippen LogP contribution in [0.3, 0.4) is 0 Å². The fourth-order valence-corrected chi connectivity index (χ4v) is 3.14. The highest BCUT2D eigenvalue weighted by Gasteiger charge is 2.27. The standard InChI is InChI=1S/C13H18N2OS/c14-7-3-4-8-15-13(16)12-9-10-5-1-2-6-11(10)17-12/h1-2,5-6,12H,3-4,7-9,14H2,(H,15,16). The van der Waals surface area contributed by atoms with Gasteiger partial charge in [-0.15, -0.1) is 11.8 Å². The second-order valence-corrected chi connectivity index (χ2v) is 5.45. The van der Waals surface area contributed by atoms with E-state index in [9.17, 15) is 4.79 Å². The summed E-state index contributed by atoms with van der Waals surface area (Å²) >= 11 is 1.67. The molecule has 1 aliphatic heterocycles. The highest BCUT2D eigenvalue weighted by atomic mass is 32.2. The minimum absolute atomic E-state index is 0.0466. The Kier molecular flexibility index (Phi) is 4.45. The van der Waals surface area contributed by atoms with Crippen LogP contribution in [0.1, 0.15) is 18.4 Å². The molecule has 0 bridgehead atoms. The Labute approximate surface area is 106 Å². The van der Waals surface area contributed by atoms with Gasteiger partial charge in [0.15, 0.2) is 0 Å². The van der Waals surface area contributed by atoms with Crippen LogP contribution < -0.4 is 11.1 Å². The monoisotopic (exact) mass is 250 g/mol. The summed E-state index contributed by atoms with van der Waals surface area (Å²) < 4.78 is 0. The number of carbonyl (C=O) groups is 1. The Bertz CT molecular complexity index is 370. The van der Waals surface area contributed by atoms with Crippen molar-refractivity contribution in [3.8, 4) is 0 Å². The fraction of sp³-hybridized carbons (Fsp3) is 0.462. The highest BCUT2D eigenvalue weighted by Crippen LogP contribution is 2.36. The molecule has 0 aliphatic carbocycles. The third-order valence-electron chi connectivity index (χ3n) is 2.87. The summed E-state index contributed by atoms with van der Waals surface area (Å²) in [5, 5.41) is 3.03. The van der Waals surface area contributed by atoms with E-state index in [1.165, 1.54) is 10.5 Å². The minimum atomic E-state index is 0.0466. The summed E-state index contributed by atoms with van der Waals surface area (Å²) in [7, 11) is 0. The van der Waals surface area contributed by atoms with E-state index in [1.807, 2.05) is 12.1 Å². The van der Waals surface area contributed by atoms with Crippen LogP contribution in [0, 0.1) is 0 Å². The first-order chi connectivity index (χ1) is 8.31. The van der Waals surface area contributed by atoms with Gasteiger partial charge in [0.2, 0.25) is 5.91 Å². The number of unbranched alkanes of at least 4 members (excludes halogenated alkanes) is 1. The van der Waals surface area contributed by atoms with Gasteiger partial charge in [0.05, 0.1) is 5.25 Å². The summed E-state index contributed by atoms with van der Waals surface area (Å²) in [5.74, 6) is 0.156. The van der Waals surface area contributed by atoms with E-state index in [0.717, 1.165) is 25.8 Å². The molecule has 3 nitrogen and oxygen atoms in total. The molecule has 0 aromatic heterocycles. The first kappa shape index (κ1) is 12.5. The third kappa shape index (κ3) is 3.23. The predicted molar refractivity (Wildman–Crippen MR) is 71.1 cm³/mol. The van der Waals surface area contributed by atoms with Gasteiger partial charge >= 0.3 is 0 Å². The zero-order valence-corrected chi connectivity index (χ0v) is 10.6. The van der Waals surface area contributed by atoms with Crippen LogP contribution in [-0.4, -0.2) is 24.2 Å². The predicted octanol–water partition coefficient (Wildman–Crippen LogP) is 1.56. The van der Waals surface area contributed by atoms with Crippen molar-refractivity contribution in [3.05, 3.63) is 29.8 Å². The van der Waals surface area contributed by atoms with E-state index in [2.05, 4.69) is 17.4 Å². The Morgan fingerprint density at radius 3 is 3.00 bits per heavy atom. The van der Waals surface area contributed by atoms with Crippen LogP contribution >= 0.6 is 11.8 Å². The molecule has 0 fully saturated rings. The van der Waals surface area contributed by atoms with Crippen LogP contribution in [0.15, 0.2) is 29.2 Å². The first-order valence-electron chi connectivity index (χ1n) is 6.03. The van der Waals surface area contributed by atoms with Crippen molar-refractivity contribution in [2.24, 2.45) is 5.73 Å². The zero-order chi connectivity index (χ0) is 12.1. The summed E-state index contributed by atoms with van der Waals surface area (Å²) in [6, 6.07) is 8.24. The lowest BCUT2D eigenvalue weighted by Gasteiger charge is -2.09. The summed E-state index contributed by atoms with van der Waals surface area (Å²) in [6.07, 6.45) is 2.79. The summed E-state index contributed by atoms with van der Waals surface area (Å²) in [5.41, 5.74) is 6.70. The topological polar surface area (TPSA) is 55.1 Å². The molecule has 0 spiro atoms. The zero-order valence-electron chi connectivity index (χ0n) is 9.82. The quantitative estimate of drug-likeness (QED) is 0.780. The number of fused-ring (bicyclic) bond motifs is 1. The van der Waals surface area contributed by atoms with Gasteiger partial charge in [0.1, 0.15) is 0 Å². The van der Waals surface area contributed by atoms with Gasteiger partial charge in [-0.05, 0) is 37.4 Å². The van der Waals surface area contributed by atoms with Crippen LogP contribution in [0.25, 0.3) is 0 Å². The summed E-state index contributed by atoms with van der Waals surface area (Å²) in [4.78, 5) is 13.2. The fourth-order valence-electron chi connectivity index (χ4n) is 1.92. The van der Waals surface area contributed by atoms with Crippen LogP contribution in [0.4, 0.5) is 0 Å². The van der Waals surface area contributed by atoms with Crippen LogP contribution in [-0.2, 0) is 11.2 Å². The molecule has 1 aromatic carbocycles. The SMILES string of the molecule is NCCCCNC(=O)C1Cc2ccccc2S1. The van der Waals surface area contributed by atoms with Gasteiger partial charge in [0, 0.05) is 11.4 Å². The average molecular weight is 250 g/mol. The molecule has 2 rings (SSSR count). The first-order valence-corrected chi connectivity index (χ1v) is 6.91. The van der Waals surface area contributed by atoms with Gasteiger partial charge in [-0.3, -0.25) is 4.79 Å². The molecule has 3 N–H and O–H groups in total. The normalized spacial score (nSPS) is 17.8. The van der Waals surface area contributed by atoms with E-state index in [-0.39, 0.29) is 11.2 Å². The molecule has 1 unspecified atom stereocenters. The molecular formula is C13H18N2OS. The lowest BCUT2D eigenvalue weighted by Crippen LogP contribution is -2.33. The molecule has 1 atom stereocenters. The minimum Gasteiger partial charge on any atom is -0.355 e. The highest BCUT2D eigenvalue weighted by molar-refractivity contribution is 8.01. The van der Waals surface area contributed by atoms with Gasteiger partial charge in [-0.1, -0.05) is 18.2 Å². The van der Waals surface area contributed by atoms with E-state index in [1.54, 1.807) is 11.8 Å². The van der Waals surface area contributed by atoms with Crippen molar-refractivity contribution in [1.29, 1.82) is 0 Å². The maximum Gasteiger partial charge on any atom is 0.233 e. The number of hydrogen-bond acceptors (Lipinski definition) is 3. The molecule has 1 aromatic rings. The van der Waals surface area contributed by atoms with Gasteiger partial charge < -0.3 is 11.1 Å². The molecule has 1 amide bonds. The Morgan fingerprint density at radius 2 is 2.24 bits per heavy atom. The van der Waals surface area contributed by atoms with Crippen LogP contribution in [0.5, 0.6) is 0 Å². The molecule has 0 saturated heterocycles. The molecular weight excluding hydrogens is 232 g/mol. The number of nitrogens with one attached hydrogen (secondary N) is 1. The van der Waals surface area contributed by atoms with Crippen molar-refractivity contribution in [2.45, 2.75) is 29.4 Å². The van der Waals surface area contributed by atoms with Crippen molar-refractivity contribution in [1.82, 2.24) is 5.32 Å². The summed E-state index contributed by atoms with van der Waals surface area (Å²) in [6.45, 7) is 1.43. The van der Waals surface area contributed by atoms with E-state index < -0.39 is 0 Å². The lowest BCUT2D eigenvalue weighted by atomic mass is 10.1. The maximum absolute atomic E-state index is 11.9. The number of thioether (sulfide) groups is 1. The van der Waals surface area contributed by atoms with Crippen molar-refractivity contribution >= 4 is 17.7 Å². The van der Waals surface area contributed by atoms with Crippen molar-refractivity contribution in [2.75, 3.05) is 13.1 Å². The number of nitrogens with two attached hydrogens (primary N) is 1. The second kappa shape index (κ2) is 6.07. The van der Waals surface area contributed by atoms with Crippen LogP contribution in [0.2, 0.25) is 0 Å². The van der Waals surface area contributed by atoms with Gasteiger partial charge in [-0.25, -0.2) is 0 Å². The number of hydrogen-bond donors (Lipinski definition) is 2. The molecule has 4 heteroatoms. The molecule has 1 aliphatic rings. The Balaban J connectivity index is 1.80. The van der Waals surface area contributed by atoms with E-state index in [0.29, 0.717) is 6.54 Å². The molecule has 0 saturated carbocycles. The van der Waals surface area contributed by atoms with E-state index >= 15 is 0 Å². The third-order valence-corrected chi connectivity index (χ3v) is 4.19. The van der Waals surface area contributed by atoms with Crippen molar-refractivity contribution < 1.29 is 4.79 Å². The molecule has 17 heavy (non-hydrogen) atoms. The number of benzene rings is 1. The van der Waals surface area contributed by atoms with Crippen molar-refractivity contribution in [3.63, 3.8) is 0 Å². The molecule has 92 valence electrons. The maximum atomic E-state index is 11.9.